The van der Waals surface area contributed by atoms with Crippen LogP contribution in [0.25, 0.3) is 32.9 Å². The highest BCUT2D eigenvalue weighted by molar-refractivity contribution is 6.10. The molecule has 7 heteroatoms. The molecule has 1 amide bonds. The number of nitrogens with zero attached hydrogens (tertiary/aromatic N) is 2. The lowest BCUT2D eigenvalue weighted by Gasteiger charge is -2.11. The van der Waals surface area contributed by atoms with Gasteiger partial charge in [0.15, 0.2) is 5.69 Å². The Bertz CT molecular complexity index is 1170. The number of aromatic amines is 1. The number of para-hydroxylation sites is 1. The van der Waals surface area contributed by atoms with Gasteiger partial charge in [-0.15, -0.1) is 10.2 Å². The molecule has 0 saturated heterocycles. The van der Waals surface area contributed by atoms with Crippen molar-refractivity contribution in [3.05, 3.63) is 54.1 Å². The fraction of sp³-hybridized carbons (Fsp3) is 0.150. The van der Waals surface area contributed by atoms with E-state index in [0.29, 0.717) is 28.6 Å². The van der Waals surface area contributed by atoms with E-state index in [2.05, 4.69) is 20.5 Å². The SMILES string of the molecule is CCCNC(=O)c1nnc2c(-c3c[nH]c4ccccc34)c(F)ccc2c1N. The summed E-state index contributed by atoms with van der Waals surface area (Å²) in [6.07, 6.45) is 2.53. The minimum Gasteiger partial charge on any atom is -0.396 e. The van der Waals surface area contributed by atoms with Crippen LogP contribution in [0.1, 0.15) is 23.8 Å². The molecule has 0 bridgehead atoms. The van der Waals surface area contributed by atoms with Crippen molar-refractivity contribution in [2.45, 2.75) is 13.3 Å². The second-order valence-corrected chi connectivity index (χ2v) is 6.28. The number of nitrogens with one attached hydrogen (secondary N) is 2. The van der Waals surface area contributed by atoms with Crippen LogP contribution < -0.4 is 11.1 Å². The number of nitrogen functional groups attached to an aromatic ring is 1. The van der Waals surface area contributed by atoms with Gasteiger partial charge in [0.1, 0.15) is 11.3 Å². The molecule has 0 unspecified atom stereocenters. The zero-order valence-electron chi connectivity index (χ0n) is 14.7. The molecule has 2 heterocycles. The minimum absolute atomic E-state index is 0.0486. The number of nitrogens with two attached hydrogens (primary N) is 1. The molecule has 2 aromatic heterocycles. The van der Waals surface area contributed by atoms with E-state index in [0.717, 1.165) is 17.3 Å². The van der Waals surface area contributed by atoms with Gasteiger partial charge in [0, 0.05) is 40.2 Å². The molecule has 4 aromatic rings. The van der Waals surface area contributed by atoms with Crippen molar-refractivity contribution >= 4 is 33.4 Å². The predicted molar refractivity (Wildman–Crippen MR) is 104 cm³/mol. The Kier molecular flexibility index (Phi) is 4.19. The number of halogens is 1. The normalized spacial score (nSPS) is 11.2. The lowest BCUT2D eigenvalue weighted by molar-refractivity contribution is 0.0949. The number of fused-ring (bicyclic) bond motifs is 2. The van der Waals surface area contributed by atoms with E-state index in [4.69, 9.17) is 5.73 Å². The fourth-order valence-electron chi connectivity index (χ4n) is 3.19. The number of anilines is 1. The average Bonchev–Trinajstić information content (AvgIpc) is 3.10. The fourth-order valence-corrected chi connectivity index (χ4v) is 3.19. The molecule has 0 aliphatic heterocycles. The van der Waals surface area contributed by atoms with Crippen LogP contribution in [0.3, 0.4) is 0 Å². The second kappa shape index (κ2) is 6.68. The molecular weight excluding hydrogens is 345 g/mol. The molecule has 136 valence electrons. The Balaban J connectivity index is 1.93. The highest BCUT2D eigenvalue weighted by Crippen LogP contribution is 2.36. The molecular formula is C20H18FN5O. The van der Waals surface area contributed by atoms with Crippen molar-refractivity contribution in [3.63, 3.8) is 0 Å². The smallest absolute Gasteiger partial charge is 0.273 e. The van der Waals surface area contributed by atoms with Crippen molar-refractivity contribution in [3.8, 4) is 11.1 Å². The van der Waals surface area contributed by atoms with Crippen LogP contribution in [0.2, 0.25) is 0 Å². The first kappa shape index (κ1) is 17.0. The summed E-state index contributed by atoms with van der Waals surface area (Å²) in [5.41, 5.74) is 8.62. The number of carbonyl (C=O) groups is 1. The van der Waals surface area contributed by atoms with Crippen LogP contribution in [0, 0.1) is 5.82 Å². The van der Waals surface area contributed by atoms with Crippen molar-refractivity contribution < 1.29 is 9.18 Å². The maximum atomic E-state index is 14.8. The van der Waals surface area contributed by atoms with E-state index in [9.17, 15) is 9.18 Å². The number of H-pyrrole nitrogens is 1. The maximum Gasteiger partial charge on any atom is 0.273 e. The molecule has 0 aliphatic rings. The van der Waals surface area contributed by atoms with Crippen molar-refractivity contribution in [1.29, 1.82) is 0 Å². The first-order chi connectivity index (χ1) is 13.1. The predicted octanol–water partition coefficient (Wildman–Crippen LogP) is 3.64. The maximum absolute atomic E-state index is 14.8. The van der Waals surface area contributed by atoms with Gasteiger partial charge in [-0.05, 0) is 24.6 Å². The Hall–Kier alpha value is -3.48. The number of amides is 1. The van der Waals surface area contributed by atoms with E-state index in [-0.39, 0.29) is 17.3 Å². The molecule has 0 spiro atoms. The zero-order valence-corrected chi connectivity index (χ0v) is 14.7. The van der Waals surface area contributed by atoms with E-state index in [1.54, 1.807) is 6.20 Å². The minimum atomic E-state index is -0.427. The number of carbonyl (C=O) groups excluding carboxylic acids is 1. The molecule has 2 aromatic carbocycles. The Morgan fingerprint density at radius 2 is 2.00 bits per heavy atom. The summed E-state index contributed by atoms with van der Waals surface area (Å²) in [5.74, 6) is -0.814. The van der Waals surface area contributed by atoms with Gasteiger partial charge in [-0.25, -0.2) is 4.39 Å². The topological polar surface area (TPSA) is 96.7 Å². The quantitative estimate of drug-likeness (QED) is 0.516. The molecule has 27 heavy (non-hydrogen) atoms. The number of benzene rings is 2. The van der Waals surface area contributed by atoms with Crippen molar-refractivity contribution in [2.24, 2.45) is 0 Å². The third-order valence-corrected chi connectivity index (χ3v) is 4.53. The van der Waals surface area contributed by atoms with Gasteiger partial charge < -0.3 is 16.0 Å². The van der Waals surface area contributed by atoms with Crippen LogP contribution in [0.4, 0.5) is 10.1 Å². The lowest BCUT2D eigenvalue weighted by atomic mass is 10.00. The molecule has 4 N–H and O–H groups in total. The van der Waals surface area contributed by atoms with Gasteiger partial charge in [0.2, 0.25) is 0 Å². The molecule has 0 fully saturated rings. The Morgan fingerprint density at radius 3 is 2.81 bits per heavy atom. The first-order valence-electron chi connectivity index (χ1n) is 8.71. The van der Waals surface area contributed by atoms with Gasteiger partial charge in [-0.2, -0.15) is 0 Å². The summed E-state index contributed by atoms with van der Waals surface area (Å²) < 4.78 is 14.8. The van der Waals surface area contributed by atoms with Gasteiger partial charge >= 0.3 is 0 Å². The van der Waals surface area contributed by atoms with Crippen LogP contribution in [0.15, 0.2) is 42.6 Å². The molecule has 0 radical (unpaired) electrons. The Labute approximate surface area is 154 Å². The Morgan fingerprint density at radius 1 is 1.19 bits per heavy atom. The van der Waals surface area contributed by atoms with E-state index in [1.807, 2.05) is 31.2 Å². The van der Waals surface area contributed by atoms with Crippen LogP contribution in [0.5, 0.6) is 0 Å². The number of hydrogen-bond donors (Lipinski definition) is 3. The molecule has 0 saturated carbocycles. The zero-order chi connectivity index (χ0) is 19.0. The molecule has 0 aliphatic carbocycles. The first-order valence-corrected chi connectivity index (χ1v) is 8.71. The number of hydrogen-bond acceptors (Lipinski definition) is 4. The summed E-state index contributed by atoms with van der Waals surface area (Å²) >= 11 is 0. The van der Waals surface area contributed by atoms with Crippen molar-refractivity contribution in [1.82, 2.24) is 20.5 Å². The lowest BCUT2D eigenvalue weighted by Crippen LogP contribution is -2.26. The standard InChI is InChI=1S/C20H18FN5O/c1-2-9-23-20(27)19-17(22)12-7-8-14(21)16(18(12)25-26-19)13-10-24-15-6-4-3-5-11(13)15/h3-8,10,24H,2,9H2,1H3,(H2,22,25)(H,23,27). The summed E-state index contributed by atoms with van der Waals surface area (Å²) in [7, 11) is 0. The monoisotopic (exact) mass is 363 g/mol. The van der Waals surface area contributed by atoms with Crippen LogP contribution in [-0.2, 0) is 0 Å². The number of aromatic nitrogens is 3. The molecule has 0 atom stereocenters. The summed E-state index contributed by atoms with van der Waals surface area (Å²) in [5, 5.41) is 12.2. The van der Waals surface area contributed by atoms with Crippen LogP contribution in [-0.4, -0.2) is 27.6 Å². The van der Waals surface area contributed by atoms with E-state index in [1.165, 1.54) is 12.1 Å². The van der Waals surface area contributed by atoms with Gasteiger partial charge in [0.05, 0.1) is 5.69 Å². The number of rotatable bonds is 4. The van der Waals surface area contributed by atoms with E-state index < -0.39 is 5.82 Å². The van der Waals surface area contributed by atoms with Crippen molar-refractivity contribution in [2.75, 3.05) is 12.3 Å². The second-order valence-electron chi connectivity index (χ2n) is 6.28. The third-order valence-electron chi connectivity index (χ3n) is 4.53. The highest BCUT2D eigenvalue weighted by Gasteiger charge is 2.20. The van der Waals surface area contributed by atoms with Gasteiger partial charge in [-0.3, -0.25) is 4.79 Å². The summed E-state index contributed by atoms with van der Waals surface area (Å²) in [6.45, 7) is 2.47. The average molecular weight is 363 g/mol. The van der Waals surface area contributed by atoms with Gasteiger partial charge in [0.25, 0.3) is 5.91 Å². The van der Waals surface area contributed by atoms with Crippen LogP contribution >= 0.6 is 0 Å². The van der Waals surface area contributed by atoms with E-state index >= 15 is 0 Å². The third kappa shape index (κ3) is 2.77. The largest absolute Gasteiger partial charge is 0.396 e. The summed E-state index contributed by atoms with van der Waals surface area (Å²) in [4.78, 5) is 15.4. The summed E-state index contributed by atoms with van der Waals surface area (Å²) in [6, 6.07) is 10.5. The molecule has 4 rings (SSSR count). The highest BCUT2D eigenvalue weighted by atomic mass is 19.1. The van der Waals surface area contributed by atoms with Gasteiger partial charge in [-0.1, -0.05) is 25.1 Å². The molecule has 6 nitrogen and oxygen atoms in total.